The number of hydrogen-bond donors (Lipinski definition) is 3. The van der Waals surface area contributed by atoms with E-state index in [1.165, 1.54) is 11.0 Å². The number of fused-ring (bicyclic) bond motifs is 3. The second-order valence-electron chi connectivity index (χ2n) is 16.3. The number of amides is 4. The van der Waals surface area contributed by atoms with E-state index in [0.717, 1.165) is 46.7 Å². The van der Waals surface area contributed by atoms with E-state index in [1.807, 2.05) is 24.3 Å². The molecule has 0 spiro atoms. The van der Waals surface area contributed by atoms with Crippen molar-refractivity contribution in [1.82, 2.24) is 25.2 Å². The van der Waals surface area contributed by atoms with Gasteiger partial charge in [0.2, 0.25) is 27.7 Å². The Morgan fingerprint density at radius 3 is 2.51 bits per heavy atom. The van der Waals surface area contributed by atoms with Gasteiger partial charge in [-0.2, -0.15) is 0 Å². The highest BCUT2D eigenvalue weighted by Crippen LogP contribution is 2.46. The van der Waals surface area contributed by atoms with Gasteiger partial charge < -0.3 is 25.0 Å². The van der Waals surface area contributed by atoms with Gasteiger partial charge in [-0.3, -0.25) is 19.1 Å². The lowest BCUT2D eigenvalue weighted by atomic mass is 9.85. The van der Waals surface area contributed by atoms with Gasteiger partial charge in [0.25, 0.3) is 5.91 Å². The number of hydrogen-bond acceptors (Lipinski definition) is 9. The van der Waals surface area contributed by atoms with Gasteiger partial charge in [0, 0.05) is 23.9 Å². The van der Waals surface area contributed by atoms with E-state index in [0.29, 0.717) is 25.1 Å². The van der Waals surface area contributed by atoms with E-state index in [-0.39, 0.29) is 26.0 Å². The van der Waals surface area contributed by atoms with Crippen molar-refractivity contribution >= 4 is 44.6 Å². The number of nitrogens with one attached hydrogen (secondary N) is 3. The Labute approximate surface area is 321 Å². The highest BCUT2D eigenvalue weighted by molar-refractivity contribution is 7.91. The maximum Gasteiger partial charge on any atom is 0.407 e. The maximum atomic E-state index is 14.6. The molecule has 14 heteroatoms. The number of nitrogens with zero attached hydrogens (tertiary/aromatic N) is 2. The number of alkyl carbamates (subject to hydrolysis) is 1. The first-order valence-corrected chi connectivity index (χ1v) is 20.6. The molecule has 292 valence electrons. The summed E-state index contributed by atoms with van der Waals surface area (Å²) < 4.78 is 39.8. The first kappa shape index (κ1) is 38.3. The number of sulfonamides is 1. The highest BCUT2D eigenvalue weighted by Gasteiger charge is 2.62. The first-order valence-electron chi connectivity index (χ1n) is 19.1. The van der Waals surface area contributed by atoms with Crippen LogP contribution in [0.25, 0.3) is 21.9 Å². The Hall–Kier alpha value is -4.98. The van der Waals surface area contributed by atoms with Crippen LogP contribution in [0.2, 0.25) is 0 Å². The Morgan fingerprint density at radius 2 is 1.82 bits per heavy atom. The molecule has 0 unspecified atom stereocenters. The normalized spacial score (nSPS) is 26.2. The lowest BCUT2D eigenvalue weighted by molar-refractivity contribution is -0.142. The number of aromatic nitrogens is 1. The largest absolute Gasteiger partial charge is 0.472 e. The molecule has 5 atom stereocenters. The highest BCUT2D eigenvalue weighted by atomic mass is 32.2. The SMILES string of the molecule is C=C[C@@H]1C[C@]1(NC(=O)[C@@H]1C[C@@H]2CN1C(=O)[C@H](C(C)(C)C)NC(=O)OCCCCCc1cc(-c3ccccc3)c3ccnc(c3c1)O2)C(=O)NS(=O)(=O)C1CC1. The van der Waals surface area contributed by atoms with Gasteiger partial charge in [0.1, 0.15) is 23.7 Å². The Kier molecular flexibility index (Phi) is 10.4. The van der Waals surface area contributed by atoms with E-state index in [1.54, 1.807) is 27.0 Å². The summed E-state index contributed by atoms with van der Waals surface area (Å²) in [6.45, 7) is 9.36. The molecule has 3 heterocycles. The van der Waals surface area contributed by atoms with E-state index in [4.69, 9.17) is 9.47 Å². The van der Waals surface area contributed by atoms with Gasteiger partial charge in [0.15, 0.2) is 0 Å². The summed E-state index contributed by atoms with van der Waals surface area (Å²) in [5, 5.41) is 6.68. The zero-order chi connectivity index (χ0) is 39.1. The van der Waals surface area contributed by atoms with Crippen molar-refractivity contribution < 1.29 is 37.1 Å². The number of carbonyl (C=O) groups excluding carboxylic acids is 4. The van der Waals surface area contributed by atoms with E-state index in [2.05, 4.69) is 51.2 Å². The zero-order valence-electron chi connectivity index (χ0n) is 31.5. The molecule has 4 amide bonds. The van der Waals surface area contributed by atoms with Crippen molar-refractivity contribution in [3.8, 4) is 17.0 Å². The number of aryl methyl sites for hydroxylation is 1. The third-order valence-corrected chi connectivity index (χ3v) is 12.9. The average Bonchev–Trinajstić information content (AvgIpc) is 4.08. The molecule has 4 aliphatic rings. The van der Waals surface area contributed by atoms with Crippen LogP contribution >= 0.6 is 0 Å². The van der Waals surface area contributed by atoms with Crippen LogP contribution < -0.4 is 20.1 Å². The van der Waals surface area contributed by atoms with Gasteiger partial charge >= 0.3 is 6.09 Å². The number of cyclic esters (lactones) is 1. The summed E-state index contributed by atoms with van der Waals surface area (Å²) in [5.74, 6) is -2.16. The fraction of sp³-hybridized carbons (Fsp3) is 0.488. The van der Waals surface area contributed by atoms with Crippen LogP contribution in [-0.2, 0) is 35.6 Å². The van der Waals surface area contributed by atoms with E-state index >= 15 is 0 Å². The number of pyridine rings is 1. The van der Waals surface area contributed by atoms with Crippen molar-refractivity contribution in [3.63, 3.8) is 0 Å². The quantitative estimate of drug-likeness (QED) is 0.286. The van der Waals surface area contributed by atoms with Crippen molar-refractivity contribution in [1.29, 1.82) is 0 Å². The molecule has 4 bridgehead atoms. The van der Waals surface area contributed by atoms with Crippen molar-refractivity contribution in [2.75, 3.05) is 13.2 Å². The van der Waals surface area contributed by atoms with Crippen LogP contribution in [0.1, 0.15) is 71.3 Å². The van der Waals surface area contributed by atoms with Gasteiger partial charge in [-0.05, 0) is 84.6 Å². The van der Waals surface area contributed by atoms with Gasteiger partial charge in [-0.1, -0.05) is 63.2 Å². The molecule has 2 aliphatic heterocycles. The molecule has 2 aromatic carbocycles. The van der Waals surface area contributed by atoms with Crippen LogP contribution in [0.3, 0.4) is 0 Å². The summed E-state index contributed by atoms with van der Waals surface area (Å²) in [4.78, 5) is 61.6. The second-order valence-corrected chi connectivity index (χ2v) is 18.2. The Morgan fingerprint density at radius 1 is 1.05 bits per heavy atom. The minimum atomic E-state index is -3.90. The topological polar surface area (TPSA) is 173 Å². The molecule has 3 fully saturated rings. The third-order valence-electron chi connectivity index (χ3n) is 11.1. The van der Waals surface area contributed by atoms with Crippen molar-refractivity contribution in [3.05, 3.63) is 72.9 Å². The molecule has 1 saturated heterocycles. The van der Waals surface area contributed by atoms with Gasteiger partial charge in [-0.15, -0.1) is 6.58 Å². The Balaban J connectivity index is 1.25. The summed E-state index contributed by atoms with van der Waals surface area (Å²) in [5.41, 5.74) is 0.813. The molecular formula is C41H49N5O8S. The van der Waals surface area contributed by atoms with Crippen LogP contribution in [-0.4, -0.2) is 84.2 Å². The summed E-state index contributed by atoms with van der Waals surface area (Å²) >= 11 is 0. The standard InChI is InChI=1S/C41H49N5O8S/c1-5-27-23-41(27,38(49)45-55(51,52)29-15-16-29)44-35(47)33-22-28-24-46(33)37(48)34(40(2,3)4)43-39(50)53-19-11-7-8-12-25-20-31(26-13-9-6-10-14-26)30-17-18-42-36(54-28)32(30)21-25/h5-6,9-10,13-14,17-18,20-21,27-29,33-34H,1,7-8,11-12,15-16,19,22-24H2,2-4H3,(H,43,50)(H,44,47)(H,45,49)/t27-,28-,33+,34-,41-/m1/s1. The molecule has 2 aliphatic carbocycles. The Bertz CT molecular complexity index is 2120. The molecule has 3 aromatic rings. The first-order chi connectivity index (χ1) is 26.2. The van der Waals surface area contributed by atoms with Crippen molar-refractivity contribution in [2.24, 2.45) is 11.3 Å². The molecule has 13 nitrogen and oxygen atoms in total. The maximum absolute atomic E-state index is 14.6. The van der Waals surface area contributed by atoms with Crippen LogP contribution in [0.5, 0.6) is 5.88 Å². The molecule has 7 rings (SSSR count). The van der Waals surface area contributed by atoms with Crippen LogP contribution in [0, 0.1) is 11.3 Å². The lowest BCUT2D eigenvalue weighted by Crippen LogP contribution is -2.60. The molecule has 1 aromatic heterocycles. The lowest BCUT2D eigenvalue weighted by Gasteiger charge is -2.35. The molecule has 2 saturated carbocycles. The van der Waals surface area contributed by atoms with E-state index < -0.39 is 74.1 Å². The van der Waals surface area contributed by atoms with Gasteiger partial charge in [-0.25, -0.2) is 18.2 Å². The molecular weight excluding hydrogens is 723 g/mol. The van der Waals surface area contributed by atoms with E-state index in [9.17, 15) is 27.6 Å². The molecule has 55 heavy (non-hydrogen) atoms. The predicted molar refractivity (Wildman–Crippen MR) is 206 cm³/mol. The van der Waals surface area contributed by atoms with Crippen LogP contribution in [0.4, 0.5) is 4.79 Å². The van der Waals surface area contributed by atoms with Crippen molar-refractivity contribution in [2.45, 2.75) is 101 Å². The second kappa shape index (κ2) is 14.9. The summed E-state index contributed by atoms with van der Waals surface area (Å²) in [6, 6.07) is 14.1. The number of ether oxygens (including phenoxy) is 2. The third kappa shape index (κ3) is 8.05. The fourth-order valence-electron chi connectivity index (χ4n) is 7.71. The predicted octanol–water partition coefficient (Wildman–Crippen LogP) is 4.79. The van der Waals surface area contributed by atoms with Gasteiger partial charge in [0.05, 0.1) is 18.4 Å². The minimum absolute atomic E-state index is 0.0241. The average molecular weight is 772 g/mol. The summed E-state index contributed by atoms with van der Waals surface area (Å²) in [7, 11) is -3.90. The number of rotatable bonds is 7. The minimum Gasteiger partial charge on any atom is -0.472 e. The zero-order valence-corrected chi connectivity index (χ0v) is 32.3. The number of benzene rings is 2. The number of carbonyl (C=O) groups is 4. The molecule has 0 radical (unpaired) electrons. The molecule has 3 N–H and O–H groups in total. The summed E-state index contributed by atoms with van der Waals surface area (Å²) in [6.07, 6.45) is 5.96. The van der Waals surface area contributed by atoms with Crippen LogP contribution in [0.15, 0.2) is 67.4 Å². The fourth-order valence-corrected chi connectivity index (χ4v) is 9.08. The smallest absolute Gasteiger partial charge is 0.407 e. The monoisotopic (exact) mass is 771 g/mol.